The van der Waals surface area contributed by atoms with Gasteiger partial charge >= 0.3 is 0 Å². The Morgan fingerprint density at radius 2 is 1.88 bits per heavy atom. The lowest BCUT2D eigenvalue weighted by atomic mass is 9.99. The molecule has 1 aromatic rings. The monoisotopic (exact) mass is 302 g/mol. The number of aliphatic hydroxyl groups excluding tert-OH is 2. The van der Waals surface area contributed by atoms with Gasteiger partial charge in [-0.1, -0.05) is 40.2 Å². The molecule has 2 unspecified atom stereocenters. The van der Waals surface area contributed by atoms with E-state index in [2.05, 4.69) is 15.9 Å². The first-order valence-electron chi connectivity index (χ1n) is 5.48. The average Bonchev–Trinajstić information content (AvgIpc) is 2.90. The number of aliphatic hydroxyl groups is 2. The van der Waals surface area contributed by atoms with Crippen LogP contribution in [0.3, 0.4) is 0 Å². The summed E-state index contributed by atoms with van der Waals surface area (Å²) in [4.78, 5) is 0. The number of alkyl halides is 1. The second kappa shape index (κ2) is 5.93. The summed E-state index contributed by atoms with van der Waals surface area (Å²) in [7, 11) is 0. The molecular weight excluding hydrogens is 288 g/mol. The summed E-state index contributed by atoms with van der Waals surface area (Å²) < 4.78 is 10.8. The van der Waals surface area contributed by atoms with Crippen LogP contribution in [0.25, 0.3) is 0 Å². The third kappa shape index (κ3) is 2.86. The summed E-state index contributed by atoms with van der Waals surface area (Å²) in [5.41, 5.74) is 1.42. The van der Waals surface area contributed by atoms with Crippen LogP contribution in [0.1, 0.15) is 23.5 Å². The van der Waals surface area contributed by atoms with E-state index in [4.69, 9.17) is 9.47 Å². The van der Waals surface area contributed by atoms with E-state index in [0.717, 1.165) is 5.56 Å². The number of benzene rings is 1. The summed E-state index contributed by atoms with van der Waals surface area (Å²) in [6.45, 7) is 1.10. The standard InChI is InChI=1S/C12H15BrO4/c13-7-10(14)11(15)8-3-1-2-4-9(8)12-16-5-6-17-12/h1-4,10-12,14-15H,5-7H2. The molecule has 94 valence electrons. The van der Waals surface area contributed by atoms with E-state index in [0.29, 0.717) is 24.1 Å². The maximum absolute atomic E-state index is 10.0. The van der Waals surface area contributed by atoms with E-state index in [1.54, 1.807) is 6.07 Å². The van der Waals surface area contributed by atoms with Gasteiger partial charge in [-0.2, -0.15) is 0 Å². The first-order valence-corrected chi connectivity index (χ1v) is 6.60. The van der Waals surface area contributed by atoms with Gasteiger partial charge in [0.25, 0.3) is 0 Å². The summed E-state index contributed by atoms with van der Waals surface area (Å²) in [5, 5.41) is 20.0. The molecule has 0 bridgehead atoms. The van der Waals surface area contributed by atoms with Crippen LogP contribution in [0.5, 0.6) is 0 Å². The molecule has 5 heteroatoms. The highest BCUT2D eigenvalue weighted by molar-refractivity contribution is 9.09. The summed E-state index contributed by atoms with van der Waals surface area (Å²) >= 11 is 3.15. The van der Waals surface area contributed by atoms with Crippen molar-refractivity contribution in [1.29, 1.82) is 0 Å². The van der Waals surface area contributed by atoms with E-state index in [-0.39, 0.29) is 0 Å². The average molecular weight is 303 g/mol. The third-order valence-corrected chi connectivity index (χ3v) is 3.38. The molecule has 1 aliphatic heterocycles. The molecule has 1 fully saturated rings. The van der Waals surface area contributed by atoms with Gasteiger partial charge in [-0.25, -0.2) is 0 Å². The van der Waals surface area contributed by atoms with E-state index in [1.807, 2.05) is 18.2 Å². The minimum Gasteiger partial charge on any atom is -0.389 e. The molecule has 2 N–H and O–H groups in total. The van der Waals surface area contributed by atoms with E-state index < -0.39 is 18.5 Å². The maximum atomic E-state index is 10.0. The minimum atomic E-state index is -0.946. The summed E-state index contributed by atoms with van der Waals surface area (Å²) in [6, 6.07) is 7.29. The number of halogens is 1. The van der Waals surface area contributed by atoms with E-state index >= 15 is 0 Å². The van der Waals surface area contributed by atoms with Crippen molar-refractivity contribution in [3.05, 3.63) is 35.4 Å². The van der Waals surface area contributed by atoms with Crippen LogP contribution in [-0.2, 0) is 9.47 Å². The Morgan fingerprint density at radius 3 is 2.53 bits per heavy atom. The molecule has 0 radical (unpaired) electrons. The Kier molecular flexibility index (Phi) is 4.53. The van der Waals surface area contributed by atoms with Gasteiger partial charge in [-0.15, -0.1) is 0 Å². The molecule has 0 spiro atoms. The topological polar surface area (TPSA) is 58.9 Å². The zero-order valence-electron chi connectivity index (χ0n) is 9.25. The fourth-order valence-electron chi connectivity index (χ4n) is 1.82. The predicted molar refractivity (Wildman–Crippen MR) is 65.8 cm³/mol. The van der Waals surface area contributed by atoms with Gasteiger partial charge < -0.3 is 19.7 Å². The fourth-order valence-corrected chi connectivity index (χ4v) is 2.18. The molecule has 1 aromatic carbocycles. The SMILES string of the molecule is OC(CBr)C(O)c1ccccc1C1OCCO1. The third-order valence-electron chi connectivity index (χ3n) is 2.71. The Hall–Kier alpha value is -0.460. The largest absolute Gasteiger partial charge is 0.389 e. The molecule has 17 heavy (non-hydrogen) atoms. The molecule has 1 saturated heterocycles. The van der Waals surface area contributed by atoms with Crippen LogP contribution in [0, 0.1) is 0 Å². The Morgan fingerprint density at radius 1 is 1.24 bits per heavy atom. The molecule has 1 heterocycles. The van der Waals surface area contributed by atoms with Crippen LogP contribution < -0.4 is 0 Å². The molecule has 0 aliphatic carbocycles. The van der Waals surface area contributed by atoms with Gasteiger partial charge in [-0.05, 0) is 5.56 Å². The van der Waals surface area contributed by atoms with Crippen LogP contribution in [0.15, 0.2) is 24.3 Å². The van der Waals surface area contributed by atoms with Gasteiger partial charge in [0.1, 0.15) is 6.10 Å². The normalized spacial score (nSPS) is 20.4. The Balaban J connectivity index is 2.26. The highest BCUT2D eigenvalue weighted by atomic mass is 79.9. The van der Waals surface area contributed by atoms with Crippen LogP contribution >= 0.6 is 15.9 Å². The smallest absolute Gasteiger partial charge is 0.184 e. The van der Waals surface area contributed by atoms with Crippen molar-refractivity contribution in [3.8, 4) is 0 Å². The molecule has 0 aromatic heterocycles. The first-order chi connectivity index (χ1) is 8.24. The molecule has 2 atom stereocenters. The number of rotatable bonds is 4. The molecule has 0 amide bonds. The van der Waals surface area contributed by atoms with Crippen LogP contribution in [0.4, 0.5) is 0 Å². The van der Waals surface area contributed by atoms with Crippen molar-refractivity contribution >= 4 is 15.9 Å². The Labute approximate surface area is 108 Å². The van der Waals surface area contributed by atoms with E-state index in [9.17, 15) is 10.2 Å². The van der Waals surface area contributed by atoms with Gasteiger partial charge in [-0.3, -0.25) is 0 Å². The summed E-state index contributed by atoms with van der Waals surface area (Å²) in [5.74, 6) is 0. The number of ether oxygens (including phenoxy) is 2. The van der Waals surface area contributed by atoms with E-state index in [1.165, 1.54) is 0 Å². The van der Waals surface area contributed by atoms with Crippen molar-refractivity contribution in [2.75, 3.05) is 18.5 Å². The quantitative estimate of drug-likeness (QED) is 0.828. The second-order valence-electron chi connectivity index (χ2n) is 3.87. The fraction of sp³-hybridized carbons (Fsp3) is 0.500. The summed E-state index contributed by atoms with van der Waals surface area (Å²) in [6.07, 6.45) is -2.24. The molecule has 1 aliphatic rings. The van der Waals surface area contributed by atoms with Crippen molar-refractivity contribution in [2.24, 2.45) is 0 Å². The lowest BCUT2D eigenvalue weighted by Crippen LogP contribution is -2.21. The van der Waals surface area contributed by atoms with Gasteiger partial charge in [0.05, 0.1) is 19.3 Å². The highest BCUT2D eigenvalue weighted by Gasteiger charge is 2.26. The molecular formula is C12H15BrO4. The number of hydrogen-bond donors (Lipinski definition) is 2. The van der Waals surface area contributed by atoms with Crippen molar-refractivity contribution in [3.63, 3.8) is 0 Å². The molecule has 2 rings (SSSR count). The van der Waals surface area contributed by atoms with Crippen molar-refractivity contribution in [2.45, 2.75) is 18.5 Å². The first kappa shape index (κ1) is 13.0. The van der Waals surface area contributed by atoms with Gasteiger partial charge in [0.2, 0.25) is 0 Å². The van der Waals surface area contributed by atoms with Crippen LogP contribution in [-0.4, -0.2) is 34.9 Å². The maximum Gasteiger partial charge on any atom is 0.184 e. The lowest BCUT2D eigenvalue weighted by Gasteiger charge is -2.21. The van der Waals surface area contributed by atoms with Crippen LogP contribution in [0.2, 0.25) is 0 Å². The second-order valence-corrected chi connectivity index (χ2v) is 4.52. The minimum absolute atomic E-state index is 0.314. The zero-order chi connectivity index (χ0) is 12.3. The lowest BCUT2D eigenvalue weighted by molar-refractivity contribution is -0.0479. The van der Waals surface area contributed by atoms with Gasteiger partial charge in [0.15, 0.2) is 6.29 Å². The molecule has 0 saturated carbocycles. The Bertz CT molecular complexity index is 365. The van der Waals surface area contributed by atoms with Crippen molar-refractivity contribution in [1.82, 2.24) is 0 Å². The van der Waals surface area contributed by atoms with Crippen molar-refractivity contribution < 1.29 is 19.7 Å². The number of hydrogen-bond acceptors (Lipinski definition) is 4. The predicted octanol–water partition coefficient (Wildman–Crippen LogP) is 1.52. The molecule has 4 nitrogen and oxygen atoms in total. The zero-order valence-corrected chi connectivity index (χ0v) is 10.8. The van der Waals surface area contributed by atoms with Gasteiger partial charge in [0, 0.05) is 10.9 Å². The highest BCUT2D eigenvalue weighted by Crippen LogP contribution is 2.31.